The maximum Gasteiger partial charge on any atom is 0.242 e. The normalized spacial score (nSPS) is 20.2. The molecular weight excluding hydrogens is 240 g/mol. The van der Waals surface area contributed by atoms with Crippen molar-refractivity contribution >= 4 is 29.5 Å². The van der Waals surface area contributed by atoms with E-state index in [1.165, 1.54) is 23.7 Å². The van der Waals surface area contributed by atoms with Crippen LogP contribution in [0.3, 0.4) is 0 Å². The minimum absolute atomic E-state index is 0.155. The molecule has 1 atom stereocenters. The third-order valence-electron chi connectivity index (χ3n) is 2.48. The van der Waals surface area contributed by atoms with E-state index in [9.17, 15) is 14.4 Å². The standard InChI is InChI=1S/C11H18N2O3S/c1-7(2)17-8-6-10(15)13(11(8)16)5-4-9(14)12-3/h7-8H,4-6H2,1-3H3,(H,12,14). The molecule has 1 saturated heterocycles. The number of thioether (sulfide) groups is 1. The first-order valence-electron chi connectivity index (χ1n) is 5.66. The Kier molecular flexibility index (Phi) is 4.99. The summed E-state index contributed by atoms with van der Waals surface area (Å²) < 4.78 is 0. The molecule has 0 spiro atoms. The summed E-state index contributed by atoms with van der Waals surface area (Å²) in [5, 5.41) is 2.51. The highest BCUT2D eigenvalue weighted by Gasteiger charge is 2.38. The van der Waals surface area contributed by atoms with Gasteiger partial charge in [0.15, 0.2) is 0 Å². The average molecular weight is 258 g/mol. The van der Waals surface area contributed by atoms with E-state index in [1.54, 1.807) is 0 Å². The van der Waals surface area contributed by atoms with Crippen LogP contribution in [0.1, 0.15) is 26.7 Å². The van der Waals surface area contributed by atoms with Crippen LogP contribution in [0.2, 0.25) is 0 Å². The van der Waals surface area contributed by atoms with E-state index in [0.29, 0.717) is 5.25 Å². The zero-order valence-corrected chi connectivity index (χ0v) is 11.2. The number of nitrogens with one attached hydrogen (secondary N) is 1. The fourth-order valence-electron chi connectivity index (χ4n) is 1.66. The van der Waals surface area contributed by atoms with Crippen LogP contribution < -0.4 is 5.32 Å². The van der Waals surface area contributed by atoms with Crippen LogP contribution in [0, 0.1) is 0 Å². The van der Waals surface area contributed by atoms with E-state index in [-0.39, 0.29) is 42.4 Å². The van der Waals surface area contributed by atoms with E-state index in [0.717, 1.165) is 0 Å². The molecule has 3 amide bonds. The summed E-state index contributed by atoms with van der Waals surface area (Å²) in [6.45, 7) is 4.18. The van der Waals surface area contributed by atoms with Gasteiger partial charge in [0.25, 0.3) is 0 Å². The molecule has 6 heteroatoms. The molecule has 0 bridgehead atoms. The zero-order chi connectivity index (χ0) is 13.0. The van der Waals surface area contributed by atoms with Crippen molar-refractivity contribution < 1.29 is 14.4 Å². The minimum atomic E-state index is -0.271. The van der Waals surface area contributed by atoms with Crippen LogP contribution in [0.25, 0.3) is 0 Å². The summed E-state index contributed by atoms with van der Waals surface area (Å²) in [4.78, 5) is 35.8. The Morgan fingerprint density at radius 1 is 1.53 bits per heavy atom. The Bertz CT molecular complexity index is 331. The number of hydrogen-bond acceptors (Lipinski definition) is 4. The molecule has 0 aromatic carbocycles. The van der Waals surface area contributed by atoms with Crippen LogP contribution >= 0.6 is 11.8 Å². The van der Waals surface area contributed by atoms with Gasteiger partial charge in [-0.2, -0.15) is 0 Å². The average Bonchev–Trinajstić information content (AvgIpc) is 2.51. The van der Waals surface area contributed by atoms with Crippen LogP contribution in [0.4, 0.5) is 0 Å². The Morgan fingerprint density at radius 3 is 2.71 bits per heavy atom. The maximum atomic E-state index is 11.9. The molecule has 0 aromatic heterocycles. The van der Waals surface area contributed by atoms with Crippen molar-refractivity contribution in [3.63, 3.8) is 0 Å². The van der Waals surface area contributed by atoms with Gasteiger partial charge in [-0.15, -0.1) is 11.8 Å². The molecule has 0 radical (unpaired) electrons. The first kappa shape index (κ1) is 14.0. The van der Waals surface area contributed by atoms with Crippen LogP contribution in [0.15, 0.2) is 0 Å². The number of rotatable bonds is 5. The lowest BCUT2D eigenvalue weighted by Crippen LogP contribution is -2.35. The zero-order valence-electron chi connectivity index (χ0n) is 10.4. The van der Waals surface area contributed by atoms with Crippen LogP contribution in [-0.4, -0.2) is 46.7 Å². The number of carbonyl (C=O) groups is 3. The second-order valence-electron chi connectivity index (χ2n) is 4.18. The second kappa shape index (κ2) is 6.05. The van der Waals surface area contributed by atoms with Crippen LogP contribution in [0.5, 0.6) is 0 Å². The van der Waals surface area contributed by atoms with E-state index >= 15 is 0 Å². The molecule has 1 rings (SSSR count). The van der Waals surface area contributed by atoms with Crippen molar-refractivity contribution in [3.8, 4) is 0 Å². The molecule has 1 aliphatic heterocycles. The SMILES string of the molecule is CNC(=O)CCN1C(=O)CC(SC(C)C)C1=O. The highest BCUT2D eigenvalue weighted by atomic mass is 32.2. The first-order chi connectivity index (χ1) is 7.95. The van der Waals surface area contributed by atoms with Gasteiger partial charge < -0.3 is 5.32 Å². The molecule has 96 valence electrons. The predicted molar refractivity (Wildman–Crippen MR) is 66.5 cm³/mol. The van der Waals surface area contributed by atoms with Gasteiger partial charge in [-0.05, 0) is 5.25 Å². The lowest BCUT2D eigenvalue weighted by atomic mass is 10.3. The minimum Gasteiger partial charge on any atom is -0.359 e. The number of nitrogens with zero attached hydrogens (tertiary/aromatic N) is 1. The fourth-order valence-corrected chi connectivity index (χ4v) is 2.80. The third-order valence-corrected chi connectivity index (χ3v) is 3.72. The highest BCUT2D eigenvalue weighted by Crippen LogP contribution is 2.28. The quantitative estimate of drug-likeness (QED) is 0.725. The van der Waals surface area contributed by atoms with Gasteiger partial charge in [-0.25, -0.2) is 0 Å². The van der Waals surface area contributed by atoms with E-state index in [4.69, 9.17) is 0 Å². The Labute approximate surface area is 105 Å². The monoisotopic (exact) mass is 258 g/mol. The lowest BCUT2D eigenvalue weighted by Gasteiger charge is -2.14. The summed E-state index contributed by atoms with van der Waals surface area (Å²) in [7, 11) is 1.54. The van der Waals surface area contributed by atoms with Gasteiger partial charge in [0, 0.05) is 26.4 Å². The van der Waals surface area contributed by atoms with Gasteiger partial charge in [-0.1, -0.05) is 13.8 Å². The molecule has 0 aromatic rings. The van der Waals surface area contributed by atoms with Gasteiger partial charge in [0.2, 0.25) is 17.7 Å². The molecule has 0 aliphatic carbocycles. The molecule has 0 saturated carbocycles. The molecule has 1 unspecified atom stereocenters. The number of amides is 3. The number of carbonyl (C=O) groups excluding carboxylic acids is 3. The molecule has 1 heterocycles. The van der Waals surface area contributed by atoms with Crippen molar-refractivity contribution in [1.29, 1.82) is 0 Å². The van der Waals surface area contributed by atoms with Crippen molar-refractivity contribution in [2.45, 2.75) is 37.2 Å². The lowest BCUT2D eigenvalue weighted by molar-refractivity contribution is -0.138. The summed E-state index contributed by atoms with van der Waals surface area (Å²) in [6.07, 6.45) is 0.433. The summed E-state index contributed by atoms with van der Waals surface area (Å²) in [5.41, 5.74) is 0. The fraction of sp³-hybridized carbons (Fsp3) is 0.727. The van der Waals surface area contributed by atoms with E-state index < -0.39 is 0 Å². The predicted octanol–water partition coefficient (Wildman–Crippen LogP) is 0.392. The van der Waals surface area contributed by atoms with E-state index in [1.807, 2.05) is 13.8 Å². The molecule has 17 heavy (non-hydrogen) atoms. The van der Waals surface area contributed by atoms with Gasteiger partial charge in [0.05, 0.1) is 5.25 Å². The number of hydrogen-bond donors (Lipinski definition) is 1. The Morgan fingerprint density at radius 2 is 2.18 bits per heavy atom. The highest BCUT2D eigenvalue weighted by molar-refractivity contribution is 8.01. The topological polar surface area (TPSA) is 66.5 Å². The van der Waals surface area contributed by atoms with Crippen molar-refractivity contribution in [3.05, 3.63) is 0 Å². The van der Waals surface area contributed by atoms with Gasteiger partial charge in [0.1, 0.15) is 0 Å². The molecule has 5 nitrogen and oxygen atoms in total. The molecule has 1 N–H and O–H groups in total. The largest absolute Gasteiger partial charge is 0.359 e. The number of imide groups is 1. The van der Waals surface area contributed by atoms with Crippen molar-refractivity contribution in [2.24, 2.45) is 0 Å². The number of likely N-dealkylation sites (tertiary alicyclic amines) is 1. The van der Waals surface area contributed by atoms with Crippen LogP contribution in [-0.2, 0) is 14.4 Å². The molecular formula is C11H18N2O3S. The molecule has 1 fully saturated rings. The first-order valence-corrected chi connectivity index (χ1v) is 6.60. The van der Waals surface area contributed by atoms with Crippen molar-refractivity contribution in [1.82, 2.24) is 10.2 Å². The molecule has 1 aliphatic rings. The summed E-state index contributed by atoms with van der Waals surface area (Å²) >= 11 is 1.51. The van der Waals surface area contributed by atoms with Gasteiger partial charge >= 0.3 is 0 Å². The summed E-state index contributed by atoms with van der Waals surface area (Å²) in [5.74, 6) is -0.486. The Hall–Kier alpha value is -1.04. The Balaban J connectivity index is 2.53. The third kappa shape index (κ3) is 3.73. The maximum absolute atomic E-state index is 11.9. The smallest absolute Gasteiger partial charge is 0.242 e. The van der Waals surface area contributed by atoms with Gasteiger partial charge in [-0.3, -0.25) is 19.3 Å². The van der Waals surface area contributed by atoms with Crippen molar-refractivity contribution in [2.75, 3.05) is 13.6 Å². The second-order valence-corrected chi connectivity index (χ2v) is 5.97. The van der Waals surface area contributed by atoms with E-state index in [2.05, 4.69) is 5.32 Å². The summed E-state index contributed by atoms with van der Waals surface area (Å²) in [6, 6.07) is 0.